The third-order valence-corrected chi connectivity index (χ3v) is 10.0. The standard InChI is InChI=1S/C29H38F2O9/c1-6-8-23-39-22-13-17-18-12-20(30)19-11-16(32)9-10-26(19,4)28(18,31)21(33)14-27(17,5)29(22,40-23)24(34)37-15(3)38-25(35)36-7-2/h9-11,15,17-18,20-23,33H,6-8,12-14H2,1-5H3/t15-,17+,18+,20+,21+,22-,23-,26+,27+,28+,29+/m1/s1. The summed E-state index contributed by atoms with van der Waals surface area (Å²) < 4.78 is 61.1. The molecule has 0 radical (unpaired) electrons. The highest BCUT2D eigenvalue weighted by Gasteiger charge is 2.81. The van der Waals surface area contributed by atoms with E-state index in [9.17, 15) is 19.5 Å². The van der Waals surface area contributed by atoms with E-state index in [1.54, 1.807) is 13.8 Å². The van der Waals surface area contributed by atoms with Crippen LogP contribution >= 0.6 is 0 Å². The highest BCUT2D eigenvalue weighted by atomic mass is 19.1. The van der Waals surface area contributed by atoms with Crippen LogP contribution in [0.15, 0.2) is 23.8 Å². The van der Waals surface area contributed by atoms with E-state index in [1.807, 2.05) is 6.92 Å². The predicted molar refractivity (Wildman–Crippen MR) is 135 cm³/mol. The molecule has 11 atom stereocenters. The summed E-state index contributed by atoms with van der Waals surface area (Å²) in [6, 6.07) is 0. The van der Waals surface area contributed by atoms with Gasteiger partial charge in [0, 0.05) is 23.7 Å². The number of carbonyl (C=O) groups is 3. The smallest absolute Gasteiger partial charge is 0.435 e. The van der Waals surface area contributed by atoms with Crippen LogP contribution in [0.5, 0.6) is 0 Å². The average Bonchev–Trinajstić information content (AvgIpc) is 3.35. The van der Waals surface area contributed by atoms with Crippen LogP contribution in [0.25, 0.3) is 0 Å². The Kier molecular flexibility index (Phi) is 7.19. The normalized spacial score (nSPS) is 45.9. The second-order valence-electron chi connectivity index (χ2n) is 12.1. The maximum atomic E-state index is 17.5. The zero-order valence-corrected chi connectivity index (χ0v) is 23.5. The van der Waals surface area contributed by atoms with Gasteiger partial charge in [0.25, 0.3) is 0 Å². The highest BCUT2D eigenvalue weighted by molar-refractivity contribution is 6.01. The summed E-state index contributed by atoms with van der Waals surface area (Å²) in [6.45, 7) is 8.22. The third kappa shape index (κ3) is 3.83. The number of aliphatic hydroxyl groups is 1. The minimum atomic E-state index is -2.31. The lowest BCUT2D eigenvalue weighted by atomic mass is 9.44. The molecular weight excluding hydrogens is 530 g/mol. The molecule has 5 rings (SSSR count). The first kappa shape index (κ1) is 29.1. The number of alkyl halides is 2. The lowest BCUT2D eigenvalue weighted by Crippen LogP contribution is -2.71. The number of allylic oxidation sites excluding steroid dienone is 4. The molecule has 5 aliphatic rings. The number of hydrogen-bond donors (Lipinski definition) is 1. The molecule has 4 aliphatic carbocycles. The van der Waals surface area contributed by atoms with Gasteiger partial charge in [0.05, 0.1) is 12.7 Å². The van der Waals surface area contributed by atoms with Gasteiger partial charge in [0.1, 0.15) is 12.3 Å². The fourth-order valence-electron chi connectivity index (χ4n) is 8.28. The molecule has 0 aromatic heterocycles. The first-order valence-corrected chi connectivity index (χ1v) is 14.1. The van der Waals surface area contributed by atoms with Crippen molar-refractivity contribution in [2.45, 2.75) is 109 Å². The molecular formula is C29H38F2O9. The van der Waals surface area contributed by atoms with Gasteiger partial charge in [0.15, 0.2) is 23.3 Å². The van der Waals surface area contributed by atoms with E-state index in [4.69, 9.17) is 23.7 Å². The van der Waals surface area contributed by atoms with E-state index in [0.717, 1.165) is 6.08 Å². The van der Waals surface area contributed by atoms with Crippen molar-refractivity contribution in [3.8, 4) is 0 Å². The largest absolute Gasteiger partial charge is 0.511 e. The molecule has 0 unspecified atom stereocenters. The summed E-state index contributed by atoms with van der Waals surface area (Å²) in [5.41, 5.74) is -6.81. The van der Waals surface area contributed by atoms with Crippen molar-refractivity contribution in [2.75, 3.05) is 6.61 Å². The van der Waals surface area contributed by atoms with Crippen molar-refractivity contribution in [2.24, 2.45) is 22.7 Å². The maximum Gasteiger partial charge on any atom is 0.511 e. The second-order valence-corrected chi connectivity index (χ2v) is 12.1. The van der Waals surface area contributed by atoms with E-state index in [2.05, 4.69) is 0 Å². The van der Waals surface area contributed by atoms with Gasteiger partial charge < -0.3 is 28.8 Å². The molecule has 4 fully saturated rings. The van der Waals surface area contributed by atoms with Crippen molar-refractivity contribution in [1.29, 1.82) is 0 Å². The van der Waals surface area contributed by atoms with Crippen LogP contribution in [0.1, 0.15) is 66.7 Å². The highest BCUT2D eigenvalue weighted by Crippen LogP contribution is 2.72. The van der Waals surface area contributed by atoms with Crippen LogP contribution in [0.2, 0.25) is 0 Å². The zero-order chi connectivity index (χ0) is 29.3. The molecule has 1 saturated heterocycles. The molecule has 0 bridgehead atoms. The van der Waals surface area contributed by atoms with E-state index in [1.165, 1.54) is 26.0 Å². The number of ketones is 1. The summed E-state index contributed by atoms with van der Waals surface area (Å²) in [4.78, 5) is 37.9. The van der Waals surface area contributed by atoms with Crippen LogP contribution in [0, 0.1) is 22.7 Å². The third-order valence-electron chi connectivity index (χ3n) is 10.0. The van der Waals surface area contributed by atoms with Crippen molar-refractivity contribution in [1.82, 2.24) is 0 Å². The monoisotopic (exact) mass is 568 g/mol. The zero-order valence-electron chi connectivity index (χ0n) is 23.5. The Balaban J connectivity index is 1.53. The number of esters is 1. The van der Waals surface area contributed by atoms with Crippen molar-refractivity contribution in [3.63, 3.8) is 0 Å². The van der Waals surface area contributed by atoms with Gasteiger partial charge in [-0.15, -0.1) is 0 Å². The molecule has 0 aromatic carbocycles. The van der Waals surface area contributed by atoms with Crippen molar-refractivity contribution in [3.05, 3.63) is 23.8 Å². The number of aliphatic hydroxyl groups excluding tert-OH is 1. The quantitative estimate of drug-likeness (QED) is 0.371. The van der Waals surface area contributed by atoms with E-state index in [0.29, 0.717) is 12.8 Å². The Morgan fingerprint density at radius 1 is 1.20 bits per heavy atom. The minimum absolute atomic E-state index is 0.0224. The van der Waals surface area contributed by atoms with Crippen LogP contribution in [0.4, 0.5) is 13.6 Å². The summed E-state index contributed by atoms with van der Waals surface area (Å²) in [6.07, 6.45) is -2.56. The molecule has 0 amide bonds. The second kappa shape index (κ2) is 9.87. The number of hydrogen-bond acceptors (Lipinski definition) is 9. The first-order chi connectivity index (χ1) is 18.8. The van der Waals surface area contributed by atoms with Crippen LogP contribution in [-0.2, 0) is 33.3 Å². The maximum absolute atomic E-state index is 17.5. The Bertz CT molecular complexity index is 1140. The summed E-state index contributed by atoms with van der Waals surface area (Å²) in [5, 5.41) is 11.6. The topological polar surface area (TPSA) is 118 Å². The molecule has 1 aliphatic heterocycles. The fourth-order valence-corrected chi connectivity index (χ4v) is 8.28. The van der Waals surface area contributed by atoms with Gasteiger partial charge in [0.2, 0.25) is 6.29 Å². The number of fused-ring (bicyclic) bond motifs is 7. The Hall–Kier alpha value is -2.37. The predicted octanol–water partition coefficient (Wildman–Crippen LogP) is 4.26. The molecule has 40 heavy (non-hydrogen) atoms. The molecule has 11 heteroatoms. The SMILES string of the molecule is CCC[C@@H]1O[C@@H]2C[C@H]3[C@@H]4C[C@H](F)C5=CC(=O)C=C[C@]5(C)[C@@]4(F)[C@@H](O)C[C@]3(C)[C@]2(C(=O)O[C@@H](C)OC(=O)OCC)O1. The van der Waals surface area contributed by atoms with Crippen molar-refractivity contribution >= 4 is 17.9 Å². The molecule has 0 aromatic rings. The minimum Gasteiger partial charge on any atom is -0.435 e. The molecule has 9 nitrogen and oxygen atoms in total. The van der Waals surface area contributed by atoms with Gasteiger partial charge in [-0.05, 0) is 63.2 Å². The van der Waals surface area contributed by atoms with E-state index >= 15 is 8.78 Å². The van der Waals surface area contributed by atoms with Gasteiger partial charge in [-0.3, -0.25) is 4.79 Å². The molecule has 1 N–H and O–H groups in total. The van der Waals surface area contributed by atoms with Crippen LogP contribution in [0.3, 0.4) is 0 Å². The summed E-state index contributed by atoms with van der Waals surface area (Å²) in [7, 11) is 0. The molecule has 0 spiro atoms. The fraction of sp³-hybridized carbons (Fsp3) is 0.759. The van der Waals surface area contributed by atoms with E-state index in [-0.39, 0.29) is 31.4 Å². The van der Waals surface area contributed by atoms with Gasteiger partial charge in [-0.2, -0.15) is 0 Å². The van der Waals surface area contributed by atoms with Gasteiger partial charge in [-0.25, -0.2) is 18.4 Å². The van der Waals surface area contributed by atoms with E-state index < -0.39 is 82.8 Å². The molecule has 1 heterocycles. The number of rotatable bonds is 6. The summed E-state index contributed by atoms with van der Waals surface area (Å²) in [5.74, 6) is -2.94. The summed E-state index contributed by atoms with van der Waals surface area (Å²) >= 11 is 0. The van der Waals surface area contributed by atoms with Crippen LogP contribution in [-0.4, -0.2) is 71.9 Å². The lowest BCUT2D eigenvalue weighted by Gasteiger charge is -2.62. The number of carbonyl (C=O) groups excluding carboxylic acids is 3. The first-order valence-electron chi connectivity index (χ1n) is 14.1. The van der Waals surface area contributed by atoms with Crippen LogP contribution < -0.4 is 0 Å². The molecule has 3 saturated carbocycles. The average molecular weight is 569 g/mol. The number of halogens is 2. The lowest BCUT2D eigenvalue weighted by molar-refractivity contribution is -0.247. The van der Waals surface area contributed by atoms with Gasteiger partial charge in [-0.1, -0.05) is 26.3 Å². The Morgan fingerprint density at radius 2 is 1.93 bits per heavy atom. The van der Waals surface area contributed by atoms with Crippen molar-refractivity contribution < 1.29 is 52.0 Å². The Morgan fingerprint density at radius 3 is 2.60 bits per heavy atom. The molecule has 222 valence electrons. The van der Waals surface area contributed by atoms with Gasteiger partial charge >= 0.3 is 12.1 Å². The number of ether oxygens (including phenoxy) is 5. The Labute approximate surface area is 232 Å².